The summed E-state index contributed by atoms with van der Waals surface area (Å²) in [5.41, 5.74) is 8.37. The maximum absolute atomic E-state index is 6.04. The third-order valence-electron chi connectivity index (χ3n) is 4.35. The Labute approximate surface area is 189 Å². The molecule has 0 spiro atoms. The van der Waals surface area contributed by atoms with Gasteiger partial charge in [0.25, 0.3) is 0 Å². The van der Waals surface area contributed by atoms with Gasteiger partial charge in [-0.05, 0) is 50.8 Å². The maximum Gasteiger partial charge on any atom is 0.186 e. The van der Waals surface area contributed by atoms with Crippen LogP contribution in [0.5, 0.6) is 0 Å². The molecule has 8 nitrogen and oxygen atoms in total. The van der Waals surface area contributed by atoms with Crippen LogP contribution in [0.4, 0.5) is 0 Å². The third-order valence-corrected chi connectivity index (χ3v) is 4.82. The average Bonchev–Trinajstić information content (AvgIpc) is 2.74. The van der Waals surface area contributed by atoms with Crippen LogP contribution in [0, 0.1) is 0 Å². The van der Waals surface area contributed by atoms with Gasteiger partial charge in [-0.25, -0.2) is 0 Å². The van der Waals surface area contributed by atoms with Crippen molar-refractivity contribution < 1.29 is 4.74 Å². The number of hydrogen-bond donors (Lipinski definition) is 4. The van der Waals surface area contributed by atoms with Gasteiger partial charge in [0, 0.05) is 32.7 Å². The molecule has 0 aliphatic carbocycles. The highest BCUT2D eigenvalue weighted by atomic mass is 32.1. The standard InChI is InChI=1S/C20H31N7OS2/c1-4-21-19(29)25-23-15(3)18(24-26-20(30)22-5-2)17-14-27(11-12-28-17)13-16-9-7-6-8-10-16/h6-10,17H,4-5,11-14H2,1-3H3,(H2,21,25,29)(H2,22,26,30)/b23-15+,24-18+. The van der Waals surface area contributed by atoms with Gasteiger partial charge in [-0.1, -0.05) is 30.3 Å². The number of hydrogen-bond acceptors (Lipinski definition) is 6. The van der Waals surface area contributed by atoms with Crippen molar-refractivity contribution in [3.05, 3.63) is 35.9 Å². The highest BCUT2D eigenvalue weighted by molar-refractivity contribution is 7.80. The molecule has 0 radical (unpaired) electrons. The van der Waals surface area contributed by atoms with E-state index >= 15 is 0 Å². The van der Waals surface area contributed by atoms with Crippen LogP contribution in [-0.4, -0.2) is 65.4 Å². The van der Waals surface area contributed by atoms with Gasteiger partial charge >= 0.3 is 0 Å². The van der Waals surface area contributed by atoms with Gasteiger partial charge in [-0.3, -0.25) is 15.8 Å². The van der Waals surface area contributed by atoms with E-state index in [4.69, 9.17) is 29.2 Å². The van der Waals surface area contributed by atoms with Crippen LogP contribution in [0.2, 0.25) is 0 Å². The molecule has 0 amide bonds. The van der Waals surface area contributed by atoms with Crippen LogP contribution in [0.15, 0.2) is 40.5 Å². The van der Waals surface area contributed by atoms with E-state index in [1.165, 1.54) is 5.56 Å². The van der Waals surface area contributed by atoms with Gasteiger partial charge in [0.15, 0.2) is 10.2 Å². The SMILES string of the molecule is CCNC(=S)N/N=C(C)/C(=N\NC(=S)NCC)C1CN(Cc2ccccc2)CCO1. The minimum absolute atomic E-state index is 0.238. The smallest absolute Gasteiger partial charge is 0.186 e. The molecule has 0 aromatic heterocycles. The van der Waals surface area contributed by atoms with Crippen molar-refractivity contribution in [3.8, 4) is 0 Å². The van der Waals surface area contributed by atoms with E-state index in [-0.39, 0.29) is 6.10 Å². The highest BCUT2D eigenvalue weighted by Crippen LogP contribution is 2.12. The second-order valence-corrected chi connectivity index (χ2v) is 7.53. The van der Waals surface area contributed by atoms with Crippen LogP contribution < -0.4 is 21.5 Å². The number of nitrogens with zero attached hydrogens (tertiary/aromatic N) is 3. The van der Waals surface area contributed by atoms with Gasteiger partial charge in [0.05, 0.1) is 12.3 Å². The van der Waals surface area contributed by atoms with Crippen molar-refractivity contribution in [1.29, 1.82) is 0 Å². The first kappa shape index (κ1) is 24.1. The van der Waals surface area contributed by atoms with Crippen LogP contribution in [-0.2, 0) is 11.3 Å². The van der Waals surface area contributed by atoms with Crippen molar-refractivity contribution in [2.24, 2.45) is 10.2 Å². The first-order valence-electron chi connectivity index (χ1n) is 10.1. The Hall–Kier alpha value is -2.14. The summed E-state index contributed by atoms with van der Waals surface area (Å²) in [6.07, 6.45) is -0.238. The Morgan fingerprint density at radius 1 is 1.07 bits per heavy atom. The lowest BCUT2D eigenvalue weighted by molar-refractivity contribution is 0.00403. The summed E-state index contributed by atoms with van der Waals surface area (Å²) in [5.74, 6) is 0. The van der Waals surface area contributed by atoms with E-state index in [0.717, 1.165) is 19.6 Å². The Balaban J connectivity index is 2.13. The lowest BCUT2D eigenvalue weighted by atomic mass is 10.1. The van der Waals surface area contributed by atoms with E-state index in [9.17, 15) is 0 Å². The predicted octanol–water partition coefficient (Wildman–Crippen LogP) is 1.59. The van der Waals surface area contributed by atoms with Crippen LogP contribution in [0.3, 0.4) is 0 Å². The first-order valence-corrected chi connectivity index (χ1v) is 10.9. The number of thiocarbonyl (C=S) groups is 2. The summed E-state index contributed by atoms with van der Waals surface area (Å²) >= 11 is 10.4. The van der Waals surface area contributed by atoms with Crippen molar-refractivity contribution in [1.82, 2.24) is 26.4 Å². The summed E-state index contributed by atoms with van der Waals surface area (Å²) < 4.78 is 6.04. The number of benzene rings is 1. The van der Waals surface area contributed by atoms with Crippen molar-refractivity contribution >= 4 is 46.1 Å². The summed E-state index contributed by atoms with van der Waals surface area (Å²) in [6, 6.07) is 10.4. The third kappa shape index (κ3) is 8.31. The van der Waals surface area contributed by atoms with Crippen LogP contribution in [0.25, 0.3) is 0 Å². The molecular formula is C20H31N7OS2. The molecule has 1 saturated heterocycles. The van der Waals surface area contributed by atoms with Crippen molar-refractivity contribution in [3.63, 3.8) is 0 Å². The molecule has 0 saturated carbocycles. The molecule has 1 aliphatic rings. The normalized spacial score (nSPS) is 17.9. The Morgan fingerprint density at radius 3 is 2.33 bits per heavy atom. The largest absolute Gasteiger partial charge is 0.369 e. The number of hydrazone groups is 2. The molecule has 1 aliphatic heterocycles. The first-order chi connectivity index (χ1) is 14.5. The molecule has 0 bridgehead atoms. The number of rotatable bonds is 8. The molecule has 1 atom stereocenters. The molecule has 1 fully saturated rings. The molecule has 1 heterocycles. The zero-order valence-electron chi connectivity index (χ0n) is 17.8. The summed E-state index contributed by atoms with van der Waals surface area (Å²) in [4.78, 5) is 2.35. The monoisotopic (exact) mass is 449 g/mol. The topological polar surface area (TPSA) is 85.3 Å². The van der Waals surface area contributed by atoms with Crippen molar-refractivity contribution in [2.75, 3.05) is 32.8 Å². The van der Waals surface area contributed by atoms with Crippen molar-refractivity contribution in [2.45, 2.75) is 33.4 Å². The molecule has 4 N–H and O–H groups in total. The minimum atomic E-state index is -0.238. The summed E-state index contributed by atoms with van der Waals surface area (Å²) in [6.45, 7) is 10.3. The quantitative estimate of drug-likeness (QED) is 0.271. The Kier molecular flexibility index (Phi) is 10.6. The lowest BCUT2D eigenvalue weighted by Gasteiger charge is -2.33. The van der Waals surface area contributed by atoms with Gasteiger partial charge in [-0.2, -0.15) is 10.2 Å². The molecule has 1 aromatic carbocycles. The van der Waals surface area contributed by atoms with E-state index in [1.807, 2.05) is 26.8 Å². The molecule has 164 valence electrons. The van der Waals surface area contributed by atoms with Crippen LogP contribution in [0.1, 0.15) is 26.3 Å². The fourth-order valence-corrected chi connectivity index (χ4v) is 3.32. The number of morpholine rings is 1. The predicted molar refractivity (Wildman–Crippen MR) is 131 cm³/mol. The summed E-state index contributed by atoms with van der Waals surface area (Å²) in [7, 11) is 0. The van der Waals surface area contributed by atoms with E-state index in [0.29, 0.717) is 41.3 Å². The average molecular weight is 450 g/mol. The van der Waals surface area contributed by atoms with Gasteiger partial charge in [0.2, 0.25) is 0 Å². The molecule has 1 aromatic rings. The summed E-state index contributed by atoms with van der Waals surface area (Å²) in [5, 5.41) is 15.8. The minimum Gasteiger partial charge on any atom is -0.369 e. The molecular weight excluding hydrogens is 418 g/mol. The molecule has 30 heavy (non-hydrogen) atoms. The zero-order valence-corrected chi connectivity index (χ0v) is 19.4. The maximum atomic E-state index is 6.04. The molecule has 1 unspecified atom stereocenters. The van der Waals surface area contributed by atoms with Crippen LogP contribution >= 0.6 is 24.4 Å². The Morgan fingerprint density at radius 2 is 1.70 bits per heavy atom. The van der Waals surface area contributed by atoms with E-state index in [1.54, 1.807) is 0 Å². The number of ether oxygens (including phenoxy) is 1. The molecule has 10 heteroatoms. The van der Waals surface area contributed by atoms with E-state index in [2.05, 4.69) is 60.9 Å². The van der Waals surface area contributed by atoms with Gasteiger partial charge in [0.1, 0.15) is 11.8 Å². The lowest BCUT2D eigenvalue weighted by Crippen LogP contribution is -2.48. The Bertz CT molecular complexity index is 755. The van der Waals surface area contributed by atoms with Gasteiger partial charge in [-0.15, -0.1) is 0 Å². The zero-order chi connectivity index (χ0) is 21.8. The second-order valence-electron chi connectivity index (χ2n) is 6.72. The number of nitrogens with one attached hydrogen (secondary N) is 4. The second kappa shape index (κ2) is 13.2. The molecule has 2 rings (SSSR count). The fraction of sp³-hybridized carbons (Fsp3) is 0.500. The fourth-order valence-electron chi connectivity index (χ4n) is 2.94. The highest BCUT2D eigenvalue weighted by Gasteiger charge is 2.27. The van der Waals surface area contributed by atoms with E-state index < -0.39 is 0 Å². The van der Waals surface area contributed by atoms with Gasteiger partial charge < -0.3 is 15.4 Å².